The predicted octanol–water partition coefficient (Wildman–Crippen LogP) is 1.55. The van der Waals surface area contributed by atoms with Crippen molar-refractivity contribution in [2.45, 2.75) is 46.6 Å². The third kappa shape index (κ3) is 6.64. The van der Waals surface area contributed by atoms with Crippen molar-refractivity contribution in [3.8, 4) is 0 Å². The second kappa shape index (κ2) is 6.97. The van der Waals surface area contributed by atoms with Crippen LogP contribution in [0.15, 0.2) is 0 Å². The molecule has 0 aromatic heterocycles. The van der Waals surface area contributed by atoms with Crippen molar-refractivity contribution in [2.75, 3.05) is 26.8 Å². The van der Waals surface area contributed by atoms with Crippen molar-refractivity contribution in [1.82, 2.24) is 10.6 Å². The van der Waals surface area contributed by atoms with Gasteiger partial charge in [0.1, 0.15) is 0 Å². The first-order valence-corrected chi connectivity index (χ1v) is 6.27. The van der Waals surface area contributed by atoms with Crippen molar-refractivity contribution in [3.05, 3.63) is 0 Å². The normalized spacial score (nSPS) is 12.6. The summed E-state index contributed by atoms with van der Waals surface area (Å²) in [7, 11) is 1.70. The fourth-order valence-corrected chi connectivity index (χ4v) is 1.53. The van der Waals surface area contributed by atoms with Crippen LogP contribution in [0.3, 0.4) is 0 Å². The van der Waals surface area contributed by atoms with E-state index >= 15 is 0 Å². The second-order valence-electron chi connectivity index (χ2n) is 5.75. The van der Waals surface area contributed by atoms with E-state index in [-0.39, 0.29) is 11.3 Å². The number of rotatable bonds is 8. The molecule has 0 spiro atoms. The van der Waals surface area contributed by atoms with E-state index in [1.807, 2.05) is 20.8 Å². The van der Waals surface area contributed by atoms with Gasteiger partial charge in [-0.2, -0.15) is 0 Å². The highest BCUT2D eigenvalue weighted by atomic mass is 16.5. The summed E-state index contributed by atoms with van der Waals surface area (Å²) >= 11 is 0. The van der Waals surface area contributed by atoms with Crippen molar-refractivity contribution in [3.63, 3.8) is 0 Å². The van der Waals surface area contributed by atoms with E-state index in [2.05, 4.69) is 24.5 Å². The molecule has 0 fully saturated rings. The number of likely N-dealkylation sites (N-methyl/N-ethyl adjacent to an activating group) is 1. The Hall–Kier alpha value is -0.610. The van der Waals surface area contributed by atoms with Crippen LogP contribution in [0.2, 0.25) is 0 Å². The first-order chi connectivity index (χ1) is 7.75. The molecule has 0 unspecified atom stereocenters. The molecule has 0 heterocycles. The zero-order valence-electron chi connectivity index (χ0n) is 12.1. The number of carbonyl (C=O) groups is 1. The van der Waals surface area contributed by atoms with E-state index in [4.69, 9.17) is 4.74 Å². The molecule has 0 aliphatic rings. The third-order valence-electron chi connectivity index (χ3n) is 2.90. The van der Waals surface area contributed by atoms with Crippen LogP contribution in [0.4, 0.5) is 0 Å². The van der Waals surface area contributed by atoms with E-state index in [1.54, 1.807) is 7.11 Å². The molecule has 2 N–H and O–H groups in total. The summed E-state index contributed by atoms with van der Waals surface area (Å²) in [4.78, 5) is 12.0. The minimum Gasteiger partial charge on any atom is -0.385 e. The van der Waals surface area contributed by atoms with Gasteiger partial charge in [-0.3, -0.25) is 4.79 Å². The first kappa shape index (κ1) is 16.4. The van der Waals surface area contributed by atoms with Crippen LogP contribution in [0.1, 0.15) is 41.0 Å². The summed E-state index contributed by atoms with van der Waals surface area (Å²) in [5.74, 6) is 0.0461. The fourth-order valence-electron chi connectivity index (χ4n) is 1.53. The van der Waals surface area contributed by atoms with Gasteiger partial charge < -0.3 is 15.4 Å². The highest BCUT2D eigenvalue weighted by Crippen LogP contribution is 2.19. The van der Waals surface area contributed by atoms with Gasteiger partial charge in [0.25, 0.3) is 0 Å². The molecule has 102 valence electrons. The molecule has 0 saturated carbocycles. The van der Waals surface area contributed by atoms with Gasteiger partial charge in [0.2, 0.25) is 5.91 Å². The van der Waals surface area contributed by atoms with Gasteiger partial charge in [0.15, 0.2) is 0 Å². The van der Waals surface area contributed by atoms with Crippen LogP contribution in [0.5, 0.6) is 0 Å². The molecule has 0 aromatic carbocycles. The Morgan fingerprint density at radius 1 is 1.24 bits per heavy atom. The summed E-state index contributed by atoms with van der Waals surface area (Å²) in [6.07, 6.45) is 0.936. The molecule has 0 aliphatic heterocycles. The molecule has 0 bridgehead atoms. The average Bonchev–Trinajstić information content (AvgIpc) is 2.23. The van der Waals surface area contributed by atoms with Crippen LogP contribution < -0.4 is 10.6 Å². The molecule has 17 heavy (non-hydrogen) atoms. The second-order valence-corrected chi connectivity index (χ2v) is 5.75. The van der Waals surface area contributed by atoms with Gasteiger partial charge >= 0.3 is 0 Å². The van der Waals surface area contributed by atoms with Gasteiger partial charge in [-0.1, -0.05) is 20.8 Å². The van der Waals surface area contributed by atoms with Crippen molar-refractivity contribution in [1.29, 1.82) is 0 Å². The number of hydrogen-bond donors (Lipinski definition) is 2. The molecule has 1 amide bonds. The van der Waals surface area contributed by atoms with Crippen LogP contribution >= 0.6 is 0 Å². The van der Waals surface area contributed by atoms with Gasteiger partial charge in [0, 0.05) is 20.3 Å². The van der Waals surface area contributed by atoms with Crippen molar-refractivity contribution < 1.29 is 9.53 Å². The number of nitrogens with one attached hydrogen (secondary N) is 2. The Balaban J connectivity index is 4.14. The lowest BCUT2D eigenvalue weighted by Gasteiger charge is -2.29. The van der Waals surface area contributed by atoms with E-state index < -0.39 is 5.54 Å². The Morgan fingerprint density at radius 2 is 1.82 bits per heavy atom. The zero-order chi connectivity index (χ0) is 13.5. The largest absolute Gasteiger partial charge is 0.385 e. The molecule has 4 nitrogen and oxygen atoms in total. The van der Waals surface area contributed by atoms with E-state index in [0.717, 1.165) is 19.6 Å². The fraction of sp³-hybridized carbons (Fsp3) is 0.923. The maximum Gasteiger partial charge on any atom is 0.239 e. The number of ether oxygens (including phenoxy) is 1. The highest BCUT2D eigenvalue weighted by molar-refractivity contribution is 5.85. The average molecular weight is 244 g/mol. The minimum atomic E-state index is -0.508. The van der Waals surface area contributed by atoms with E-state index in [9.17, 15) is 4.79 Å². The lowest BCUT2D eigenvalue weighted by Crippen LogP contribution is -2.54. The minimum absolute atomic E-state index is 0.0461. The Bertz CT molecular complexity index is 238. The topological polar surface area (TPSA) is 50.4 Å². The molecule has 0 rings (SSSR count). The summed E-state index contributed by atoms with van der Waals surface area (Å²) in [5.41, 5.74) is -0.444. The summed E-state index contributed by atoms with van der Waals surface area (Å²) < 4.78 is 5.07. The van der Waals surface area contributed by atoms with Gasteiger partial charge in [-0.05, 0) is 32.2 Å². The molecule has 0 radical (unpaired) electrons. The van der Waals surface area contributed by atoms with Crippen LogP contribution in [0.25, 0.3) is 0 Å². The Kier molecular flexibility index (Phi) is 6.72. The molecule has 4 heteroatoms. The molecule has 0 aromatic rings. The van der Waals surface area contributed by atoms with Gasteiger partial charge in [-0.25, -0.2) is 0 Å². The highest BCUT2D eigenvalue weighted by Gasteiger charge is 2.27. The number of carbonyl (C=O) groups excluding carboxylic acids is 1. The smallest absolute Gasteiger partial charge is 0.239 e. The Labute approximate surface area is 105 Å². The first-order valence-electron chi connectivity index (χ1n) is 6.27. The van der Waals surface area contributed by atoms with Crippen molar-refractivity contribution in [2.24, 2.45) is 5.41 Å². The molecule has 0 atom stereocenters. The van der Waals surface area contributed by atoms with Gasteiger partial charge in [-0.15, -0.1) is 0 Å². The monoisotopic (exact) mass is 244 g/mol. The zero-order valence-corrected chi connectivity index (χ0v) is 12.1. The number of amides is 1. The summed E-state index contributed by atoms with van der Waals surface area (Å²) in [6.45, 7) is 12.2. The van der Waals surface area contributed by atoms with E-state index in [0.29, 0.717) is 6.54 Å². The van der Waals surface area contributed by atoms with Crippen LogP contribution in [-0.4, -0.2) is 38.3 Å². The molecular weight excluding hydrogens is 216 g/mol. The quantitative estimate of drug-likeness (QED) is 0.681. The van der Waals surface area contributed by atoms with Crippen LogP contribution in [-0.2, 0) is 9.53 Å². The molecular formula is C13H28N2O2. The SMILES string of the molecule is CCNC(C)(C)C(=O)NCC(C)(C)CCOC. The summed E-state index contributed by atoms with van der Waals surface area (Å²) in [5, 5.41) is 6.16. The van der Waals surface area contributed by atoms with Gasteiger partial charge in [0.05, 0.1) is 5.54 Å². The predicted molar refractivity (Wildman–Crippen MR) is 71.0 cm³/mol. The number of methoxy groups -OCH3 is 1. The maximum atomic E-state index is 12.0. The number of hydrogen-bond acceptors (Lipinski definition) is 3. The molecule has 0 aliphatic carbocycles. The lowest BCUT2D eigenvalue weighted by atomic mass is 9.89. The molecule has 0 saturated heterocycles. The van der Waals surface area contributed by atoms with Crippen molar-refractivity contribution >= 4 is 5.91 Å². The lowest BCUT2D eigenvalue weighted by molar-refractivity contribution is -0.126. The van der Waals surface area contributed by atoms with Crippen LogP contribution in [0, 0.1) is 5.41 Å². The van der Waals surface area contributed by atoms with E-state index in [1.165, 1.54) is 0 Å². The summed E-state index contributed by atoms with van der Waals surface area (Å²) in [6, 6.07) is 0. The standard InChI is InChI=1S/C13H28N2O2/c1-7-15-13(4,5)11(16)14-10-12(2,3)8-9-17-6/h15H,7-10H2,1-6H3,(H,14,16). The third-order valence-corrected chi connectivity index (χ3v) is 2.90. The maximum absolute atomic E-state index is 12.0. The Morgan fingerprint density at radius 3 is 2.29 bits per heavy atom.